The molecule has 1 aliphatic rings. The normalized spacial score (nSPS) is 14.2. The highest BCUT2D eigenvalue weighted by Crippen LogP contribution is 2.35. The summed E-state index contributed by atoms with van der Waals surface area (Å²) in [6.45, 7) is 6.01. The standard InChI is InChI=1S/C23H26N4O2S2/c1-13-14(2)31-23-20(13)22(24-15(3)25-23)30-12-19(28)27-18-11-7-6-10-17(18)21(29)26-16-8-4-5-9-16/h6-7,10-11,16H,4-5,8-9,12H2,1-3H3,(H,26,29)(H,27,28). The number of amides is 2. The molecule has 0 bridgehead atoms. The molecule has 8 heteroatoms. The van der Waals surface area contributed by atoms with Crippen LogP contribution in [-0.4, -0.2) is 33.6 Å². The van der Waals surface area contributed by atoms with Crippen LogP contribution >= 0.6 is 23.1 Å². The second-order valence-corrected chi connectivity index (χ2v) is 10.0. The molecule has 0 unspecified atom stereocenters. The van der Waals surface area contributed by atoms with Crippen LogP contribution in [0, 0.1) is 20.8 Å². The van der Waals surface area contributed by atoms with Crippen LogP contribution in [0.3, 0.4) is 0 Å². The Labute approximate surface area is 190 Å². The first-order chi connectivity index (χ1) is 14.9. The highest BCUT2D eigenvalue weighted by molar-refractivity contribution is 8.00. The SMILES string of the molecule is Cc1nc(SCC(=O)Nc2ccccc2C(=O)NC2CCCC2)c2c(C)c(C)sc2n1. The van der Waals surface area contributed by atoms with Crippen molar-refractivity contribution in [1.29, 1.82) is 0 Å². The molecule has 2 amide bonds. The van der Waals surface area contributed by atoms with Crippen LogP contribution in [0.4, 0.5) is 5.69 Å². The molecule has 1 aliphatic carbocycles. The van der Waals surface area contributed by atoms with Crippen LogP contribution in [0.15, 0.2) is 29.3 Å². The third-order valence-corrected chi connectivity index (χ3v) is 7.66. The lowest BCUT2D eigenvalue weighted by atomic mass is 10.1. The van der Waals surface area contributed by atoms with Gasteiger partial charge in [0.05, 0.1) is 17.0 Å². The first-order valence-electron chi connectivity index (χ1n) is 10.5. The fourth-order valence-corrected chi connectivity index (χ4v) is 5.93. The zero-order chi connectivity index (χ0) is 22.0. The van der Waals surface area contributed by atoms with Gasteiger partial charge in [-0.05, 0) is 51.3 Å². The van der Waals surface area contributed by atoms with Gasteiger partial charge in [0.1, 0.15) is 15.7 Å². The van der Waals surface area contributed by atoms with Gasteiger partial charge in [-0.2, -0.15) is 0 Å². The van der Waals surface area contributed by atoms with Crippen molar-refractivity contribution in [3.05, 3.63) is 46.1 Å². The first-order valence-corrected chi connectivity index (χ1v) is 12.3. The maximum atomic E-state index is 12.7. The van der Waals surface area contributed by atoms with E-state index < -0.39 is 0 Å². The Morgan fingerprint density at radius 2 is 1.87 bits per heavy atom. The molecule has 1 fully saturated rings. The predicted molar refractivity (Wildman–Crippen MR) is 127 cm³/mol. The van der Waals surface area contributed by atoms with E-state index >= 15 is 0 Å². The van der Waals surface area contributed by atoms with E-state index in [0.29, 0.717) is 17.1 Å². The minimum absolute atomic E-state index is 0.132. The van der Waals surface area contributed by atoms with Crippen LogP contribution in [-0.2, 0) is 4.79 Å². The Morgan fingerprint density at radius 1 is 1.13 bits per heavy atom. The third-order valence-electron chi connectivity index (χ3n) is 5.58. The third kappa shape index (κ3) is 4.91. The number of carbonyl (C=O) groups excluding carboxylic acids is 2. The number of thiophene rings is 1. The van der Waals surface area contributed by atoms with Crippen molar-refractivity contribution >= 4 is 50.8 Å². The van der Waals surface area contributed by atoms with Gasteiger partial charge in [0.25, 0.3) is 5.91 Å². The number of nitrogens with one attached hydrogen (secondary N) is 2. The first kappa shape index (κ1) is 21.8. The molecule has 2 aromatic heterocycles. The Kier molecular flexibility index (Phi) is 6.57. The molecular weight excluding hydrogens is 428 g/mol. The number of para-hydroxylation sites is 1. The van der Waals surface area contributed by atoms with Gasteiger partial charge in [-0.1, -0.05) is 36.7 Å². The van der Waals surface area contributed by atoms with Crippen LogP contribution < -0.4 is 10.6 Å². The van der Waals surface area contributed by atoms with E-state index in [1.165, 1.54) is 16.6 Å². The fourth-order valence-electron chi connectivity index (χ4n) is 3.86. The average Bonchev–Trinajstić information content (AvgIpc) is 3.34. The number of nitrogens with zero attached hydrogens (tertiary/aromatic N) is 2. The zero-order valence-electron chi connectivity index (χ0n) is 17.9. The number of anilines is 1. The van der Waals surface area contributed by atoms with Gasteiger partial charge in [0.15, 0.2) is 0 Å². The molecule has 0 saturated heterocycles. The minimum atomic E-state index is -0.167. The molecule has 3 aromatic rings. The highest BCUT2D eigenvalue weighted by atomic mass is 32.2. The van der Waals surface area contributed by atoms with Crippen LogP contribution in [0.25, 0.3) is 10.2 Å². The van der Waals surface area contributed by atoms with E-state index in [1.54, 1.807) is 23.5 Å². The summed E-state index contributed by atoms with van der Waals surface area (Å²) in [7, 11) is 0. The Morgan fingerprint density at radius 3 is 2.65 bits per heavy atom. The molecule has 0 spiro atoms. The molecule has 0 atom stereocenters. The largest absolute Gasteiger partial charge is 0.349 e. The number of hydrogen-bond acceptors (Lipinski definition) is 6. The average molecular weight is 455 g/mol. The molecule has 4 rings (SSSR count). The molecule has 31 heavy (non-hydrogen) atoms. The van der Waals surface area contributed by atoms with E-state index in [4.69, 9.17) is 0 Å². The lowest BCUT2D eigenvalue weighted by Gasteiger charge is -2.15. The van der Waals surface area contributed by atoms with E-state index in [2.05, 4.69) is 34.4 Å². The van der Waals surface area contributed by atoms with Gasteiger partial charge >= 0.3 is 0 Å². The smallest absolute Gasteiger partial charge is 0.253 e. The van der Waals surface area contributed by atoms with Crippen molar-refractivity contribution in [1.82, 2.24) is 15.3 Å². The summed E-state index contributed by atoms with van der Waals surface area (Å²) in [4.78, 5) is 36.7. The number of aryl methyl sites for hydroxylation is 3. The number of benzene rings is 1. The van der Waals surface area contributed by atoms with Gasteiger partial charge in [-0.25, -0.2) is 9.97 Å². The summed E-state index contributed by atoms with van der Waals surface area (Å²) in [5.41, 5.74) is 2.20. The summed E-state index contributed by atoms with van der Waals surface area (Å²) in [5.74, 6) is 0.608. The Hall–Kier alpha value is -2.45. The van der Waals surface area contributed by atoms with E-state index in [0.717, 1.165) is 46.5 Å². The lowest BCUT2D eigenvalue weighted by Crippen LogP contribution is -2.33. The molecule has 1 saturated carbocycles. The van der Waals surface area contributed by atoms with Crippen LogP contribution in [0.2, 0.25) is 0 Å². The van der Waals surface area contributed by atoms with E-state index in [1.807, 2.05) is 19.1 Å². The zero-order valence-corrected chi connectivity index (χ0v) is 19.6. The Bertz CT molecular complexity index is 1140. The quantitative estimate of drug-likeness (QED) is 0.404. The summed E-state index contributed by atoms with van der Waals surface area (Å²) < 4.78 is 0. The molecule has 2 N–H and O–H groups in total. The van der Waals surface area contributed by atoms with Gasteiger partial charge in [0, 0.05) is 16.3 Å². The van der Waals surface area contributed by atoms with Gasteiger partial charge in [0.2, 0.25) is 5.91 Å². The number of thioether (sulfide) groups is 1. The number of carbonyl (C=O) groups is 2. The van der Waals surface area contributed by atoms with Crippen LogP contribution in [0.5, 0.6) is 0 Å². The number of aromatic nitrogens is 2. The molecule has 162 valence electrons. The number of rotatable bonds is 6. The number of hydrogen-bond donors (Lipinski definition) is 2. The highest BCUT2D eigenvalue weighted by Gasteiger charge is 2.20. The number of fused-ring (bicyclic) bond motifs is 1. The van der Waals surface area contributed by atoms with Crippen molar-refractivity contribution in [2.45, 2.75) is 57.5 Å². The van der Waals surface area contributed by atoms with Crippen molar-refractivity contribution in [2.75, 3.05) is 11.1 Å². The molecule has 0 radical (unpaired) electrons. The van der Waals surface area contributed by atoms with Crippen LogP contribution in [0.1, 0.15) is 52.3 Å². The maximum Gasteiger partial charge on any atom is 0.253 e. The molecule has 2 heterocycles. The summed E-state index contributed by atoms with van der Waals surface area (Å²) in [5, 5.41) is 7.85. The van der Waals surface area contributed by atoms with Crippen molar-refractivity contribution < 1.29 is 9.59 Å². The van der Waals surface area contributed by atoms with E-state index in [9.17, 15) is 9.59 Å². The maximum absolute atomic E-state index is 12.7. The molecule has 6 nitrogen and oxygen atoms in total. The monoisotopic (exact) mass is 454 g/mol. The van der Waals surface area contributed by atoms with Crippen molar-refractivity contribution in [2.24, 2.45) is 0 Å². The van der Waals surface area contributed by atoms with Crippen molar-refractivity contribution in [3.63, 3.8) is 0 Å². The Balaban J connectivity index is 1.45. The summed E-state index contributed by atoms with van der Waals surface area (Å²) >= 11 is 3.05. The van der Waals surface area contributed by atoms with Gasteiger partial charge in [-0.3, -0.25) is 9.59 Å². The van der Waals surface area contributed by atoms with Gasteiger partial charge < -0.3 is 10.6 Å². The summed E-state index contributed by atoms with van der Waals surface area (Å²) in [6.07, 6.45) is 4.34. The second-order valence-electron chi connectivity index (χ2n) is 7.88. The molecular formula is C23H26N4O2S2. The second kappa shape index (κ2) is 9.36. The minimum Gasteiger partial charge on any atom is -0.349 e. The molecule has 0 aliphatic heterocycles. The van der Waals surface area contributed by atoms with Crippen molar-refractivity contribution in [3.8, 4) is 0 Å². The molecule has 1 aromatic carbocycles. The fraction of sp³-hybridized carbons (Fsp3) is 0.391. The summed E-state index contributed by atoms with van der Waals surface area (Å²) in [6, 6.07) is 7.39. The predicted octanol–water partition coefficient (Wildman–Crippen LogP) is 5.02. The van der Waals surface area contributed by atoms with E-state index in [-0.39, 0.29) is 23.6 Å². The lowest BCUT2D eigenvalue weighted by molar-refractivity contribution is -0.113. The topological polar surface area (TPSA) is 84.0 Å². The van der Waals surface area contributed by atoms with Gasteiger partial charge in [-0.15, -0.1) is 11.3 Å².